The number of anilines is 1. The summed E-state index contributed by atoms with van der Waals surface area (Å²) < 4.78 is 11.0. The van der Waals surface area contributed by atoms with Gasteiger partial charge in [0, 0.05) is 24.2 Å². The third kappa shape index (κ3) is 3.76. The fourth-order valence-electron chi connectivity index (χ4n) is 2.97. The van der Waals surface area contributed by atoms with Gasteiger partial charge >= 0.3 is 6.09 Å². The molecule has 3 rings (SSSR count). The minimum Gasteiger partial charge on any atom is -0.444 e. The number of hydrogen-bond acceptors (Lipinski definition) is 5. The normalized spacial score (nSPS) is 26.0. The first-order chi connectivity index (χ1) is 10.8. The van der Waals surface area contributed by atoms with Crippen LogP contribution in [0.25, 0.3) is 0 Å². The standard InChI is InChI=1S/C17H24N2O4/c1-17(2,3)23-16(21)18-8-10-4-5-12-11(6-10)15-7-13(19-12)14(20)9-22-15/h4-6,13-15,19-20H,7-9H2,1-3H3,(H,18,21)/t13-,14-,15-/m1/s1. The Morgan fingerprint density at radius 2 is 2.26 bits per heavy atom. The molecule has 6 nitrogen and oxygen atoms in total. The topological polar surface area (TPSA) is 79.8 Å². The maximum absolute atomic E-state index is 11.7. The molecule has 3 N–H and O–H groups in total. The zero-order chi connectivity index (χ0) is 16.6. The molecule has 0 radical (unpaired) electrons. The van der Waals surface area contributed by atoms with E-state index in [0.29, 0.717) is 13.2 Å². The van der Waals surface area contributed by atoms with Gasteiger partial charge in [-0.1, -0.05) is 6.07 Å². The number of amides is 1. The molecule has 0 saturated carbocycles. The number of benzene rings is 1. The molecular formula is C17H24N2O4. The van der Waals surface area contributed by atoms with Gasteiger partial charge in [0.25, 0.3) is 0 Å². The zero-order valence-corrected chi connectivity index (χ0v) is 13.8. The van der Waals surface area contributed by atoms with Crippen molar-refractivity contribution in [3.8, 4) is 0 Å². The average molecular weight is 320 g/mol. The molecule has 2 aliphatic heterocycles. The van der Waals surface area contributed by atoms with Gasteiger partial charge in [-0.25, -0.2) is 4.79 Å². The van der Waals surface area contributed by atoms with Gasteiger partial charge in [0.05, 0.1) is 24.9 Å². The first-order valence-corrected chi connectivity index (χ1v) is 7.98. The first kappa shape index (κ1) is 16.1. The Bertz CT molecular complexity index is 597. The number of hydrogen-bond donors (Lipinski definition) is 3. The maximum Gasteiger partial charge on any atom is 0.407 e. The van der Waals surface area contributed by atoms with Crippen LogP contribution in [0, 0.1) is 0 Å². The van der Waals surface area contributed by atoms with Crippen molar-refractivity contribution in [1.82, 2.24) is 5.32 Å². The van der Waals surface area contributed by atoms with Gasteiger partial charge in [-0.15, -0.1) is 0 Å². The predicted octanol–water partition coefficient (Wildman–Crippen LogP) is 2.33. The highest BCUT2D eigenvalue weighted by Gasteiger charge is 2.36. The van der Waals surface area contributed by atoms with Crippen LogP contribution in [0.5, 0.6) is 0 Å². The van der Waals surface area contributed by atoms with Crippen LogP contribution in [0.1, 0.15) is 44.4 Å². The molecule has 1 saturated heterocycles. The summed E-state index contributed by atoms with van der Waals surface area (Å²) in [6.07, 6.45) is -0.128. The van der Waals surface area contributed by atoms with E-state index in [1.807, 2.05) is 39.0 Å². The lowest BCUT2D eigenvalue weighted by Crippen LogP contribution is -2.46. The van der Waals surface area contributed by atoms with Gasteiger partial charge in [-0.3, -0.25) is 0 Å². The van der Waals surface area contributed by atoms with E-state index in [9.17, 15) is 9.90 Å². The zero-order valence-electron chi connectivity index (χ0n) is 13.8. The van der Waals surface area contributed by atoms with E-state index < -0.39 is 17.8 Å². The van der Waals surface area contributed by atoms with Crippen LogP contribution < -0.4 is 10.6 Å². The second-order valence-corrected chi connectivity index (χ2v) is 7.15. The summed E-state index contributed by atoms with van der Waals surface area (Å²) in [4.78, 5) is 11.7. The summed E-state index contributed by atoms with van der Waals surface area (Å²) in [5.41, 5.74) is 2.56. The summed E-state index contributed by atoms with van der Waals surface area (Å²) in [6.45, 7) is 6.26. The van der Waals surface area contributed by atoms with Crippen LogP contribution >= 0.6 is 0 Å². The third-order valence-corrected chi connectivity index (χ3v) is 4.04. The monoisotopic (exact) mass is 320 g/mol. The number of aliphatic hydroxyl groups excluding tert-OH is 1. The Kier molecular flexibility index (Phi) is 4.21. The average Bonchev–Trinajstić information content (AvgIpc) is 2.47. The Balaban J connectivity index is 1.66. The number of carbonyl (C=O) groups excluding carboxylic acids is 1. The molecule has 1 fully saturated rings. The van der Waals surface area contributed by atoms with Crippen molar-refractivity contribution in [2.24, 2.45) is 0 Å². The molecule has 1 amide bonds. The molecule has 1 aromatic rings. The van der Waals surface area contributed by atoms with E-state index in [0.717, 1.165) is 23.2 Å². The van der Waals surface area contributed by atoms with Crippen LogP contribution in [-0.2, 0) is 16.0 Å². The van der Waals surface area contributed by atoms with Crippen molar-refractivity contribution in [1.29, 1.82) is 0 Å². The second-order valence-electron chi connectivity index (χ2n) is 7.15. The van der Waals surface area contributed by atoms with Crippen LogP contribution in [0.4, 0.5) is 10.5 Å². The van der Waals surface area contributed by atoms with Crippen molar-refractivity contribution in [3.63, 3.8) is 0 Å². The molecule has 126 valence electrons. The van der Waals surface area contributed by atoms with Gasteiger partial charge in [-0.05, 0) is 38.5 Å². The molecule has 2 heterocycles. The van der Waals surface area contributed by atoms with Crippen LogP contribution in [0.15, 0.2) is 18.2 Å². The smallest absolute Gasteiger partial charge is 0.407 e. The maximum atomic E-state index is 11.7. The first-order valence-electron chi connectivity index (χ1n) is 7.98. The van der Waals surface area contributed by atoms with E-state index in [1.165, 1.54) is 0 Å². The van der Waals surface area contributed by atoms with Gasteiger partial charge in [-0.2, -0.15) is 0 Å². The molecule has 6 heteroatoms. The number of ether oxygens (including phenoxy) is 2. The van der Waals surface area contributed by atoms with Gasteiger partial charge < -0.3 is 25.2 Å². The van der Waals surface area contributed by atoms with E-state index in [4.69, 9.17) is 9.47 Å². The largest absolute Gasteiger partial charge is 0.444 e. The molecule has 2 aliphatic rings. The Labute approximate surface area is 136 Å². The fraction of sp³-hybridized carbons (Fsp3) is 0.588. The van der Waals surface area contributed by atoms with Crippen LogP contribution in [0.2, 0.25) is 0 Å². The lowest BCUT2D eigenvalue weighted by Gasteiger charge is -2.40. The lowest BCUT2D eigenvalue weighted by molar-refractivity contribution is -0.0672. The molecule has 0 unspecified atom stereocenters. The molecule has 1 aromatic carbocycles. The molecule has 3 atom stereocenters. The molecular weight excluding hydrogens is 296 g/mol. The highest BCUT2D eigenvalue weighted by Crippen LogP contribution is 2.39. The molecule has 0 spiro atoms. The second kappa shape index (κ2) is 6.02. The van der Waals surface area contributed by atoms with Crippen molar-refractivity contribution in [3.05, 3.63) is 29.3 Å². The van der Waals surface area contributed by atoms with E-state index >= 15 is 0 Å². The Morgan fingerprint density at radius 1 is 1.48 bits per heavy atom. The van der Waals surface area contributed by atoms with Crippen molar-refractivity contribution in [2.75, 3.05) is 11.9 Å². The Hall–Kier alpha value is -1.79. The highest BCUT2D eigenvalue weighted by molar-refractivity contribution is 5.67. The summed E-state index contributed by atoms with van der Waals surface area (Å²) in [7, 11) is 0. The number of aliphatic hydroxyl groups is 1. The summed E-state index contributed by atoms with van der Waals surface area (Å²) in [5.74, 6) is 0. The number of rotatable bonds is 2. The quantitative estimate of drug-likeness (QED) is 0.779. The SMILES string of the molecule is CC(C)(C)OC(=O)NCc1ccc2c(c1)[C@H]1C[C@@H](N2)[C@H](O)CO1. The Morgan fingerprint density at radius 3 is 3.00 bits per heavy atom. The van der Waals surface area contributed by atoms with E-state index in [-0.39, 0.29) is 12.1 Å². The molecule has 23 heavy (non-hydrogen) atoms. The van der Waals surface area contributed by atoms with Gasteiger partial charge in [0.1, 0.15) is 5.60 Å². The highest BCUT2D eigenvalue weighted by atomic mass is 16.6. The van der Waals surface area contributed by atoms with Gasteiger partial charge in [0.2, 0.25) is 0 Å². The molecule has 2 bridgehead atoms. The molecule has 0 aromatic heterocycles. The predicted molar refractivity (Wildman–Crippen MR) is 86.2 cm³/mol. The summed E-state index contributed by atoms with van der Waals surface area (Å²) in [6, 6.07) is 6.02. The van der Waals surface area contributed by atoms with Gasteiger partial charge in [0.15, 0.2) is 0 Å². The molecule has 0 aliphatic carbocycles. The fourth-order valence-corrected chi connectivity index (χ4v) is 2.97. The summed E-state index contributed by atoms with van der Waals surface area (Å²) >= 11 is 0. The minimum atomic E-state index is -0.504. The van der Waals surface area contributed by atoms with E-state index in [1.54, 1.807) is 0 Å². The number of alkyl carbamates (subject to hydrolysis) is 1. The van der Waals surface area contributed by atoms with Crippen molar-refractivity contribution >= 4 is 11.8 Å². The lowest BCUT2D eigenvalue weighted by atomic mass is 9.89. The minimum absolute atomic E-state index is 0.00104. The third-order valence-electron chi connectivity index (χ3n) is 4.04. The van der Waals surface area contributed by atoms with Crippen LogP contribution in [-0.4, -0.2) is 35.6 Å². The number of fused-ring (bicyclic) bond motifs is 4. The van der Waals surface area contributed by atoms with E-state index in [2.05, 4.69) is 10.6 Å². The van der Waals surface area contributed by atoms with Crippen LogP contribution in [0.3, 0.4) is 0 Å². The van der Waals surface area contributed by atoms with Crippen molar-refractivity contribution in [2.45, 2.75) is 57.6 Å². The van der Waals surface area contributed by atoms with Crippen molar-refractivity contribution < 1.29 is 19.4 Å². The number of carbonyl (C=O) groups is 1. The summed E-state index contributed by atoms with van der Waals surface area (Å²) in [5, 5.41) is 16.0. The number of nitrogens with one attached hydrogen (secondary N) is 2.